The van der Waals surface area contributed by atoms with Crippen molar-refractivity contribution >= 4 is 17.1 Å². The maximum Gasteiger partial charge on any atom is 0.0713 e. The third kappa shape index (κ3) is 4.82. The zero-order chi connectivity index (χ0) is 42.2. The van der Waals surface area contributed by atoms with Crippen molar-refractivity contribution in [3.05, 3.63) is 281 Å². The van der Waals surface area contributed by atoms with Crippen LogP contribution in [0.5, 0.6) is 0 Å². The lowest BCUT2D eigenvalue weighted by Gasteiger charge is -2.34. The predicted molar refractivity (Wildman–Crippen MR) is 236 cm³/mol. The first kappa shape index (κ1) is 28.2. The third-order valence-corrected chi connectivity index (χ3v) is 12.1. The van der Waals surface area contributed by atoms with Crippen LogP contribution in [-0.4, -0.2) is 0 Å². The van der Waals surface area contributed by atoms with Crippen LogP contribution in [0.15, 0.2) is 236 Å². The highest BCUT2D eigenvalue weighted by atomic mass is 15.1. The molecule has 0 amide bonds. The van der Waals surface area contributed by atoms with Crippen molar-refractivity contribution in [3.8, 4) is 22.3 Å². The van der Waals surface area contributed by atoms with Gasteiger partial charge in [0.25, 0.3) is 0 Å². The second-order valence-corrected chi connectivity index (χ2v) is 14.8. The number of nitrogens with zero attached hydrogens (tertiary/aromatic N) is 1. The van der Waals surface area contributed by atoms with Crippen LogP contribution in [0.25, 0.3) is 22.3 Å². The number of hydrogen-bond acceptors (Lipinski definition) is 1. The summed E-state index contributed by atoms with van der Waals surface area (Å²) < 4.78 is 45.0. The molecule has 268 valence electrons. The van der Waals surface area contributed by atoms with Gasteiger partial charge in [0.05, 0.1) is 17.7 Å². The SMILES string of the molecule is [2H]c1c([2H])c([2H])c(N(c2ccc3c(c2)-c2ccccc2C3(c2ccccc2)c2ccccc2)c2ccc3c(c2)-c2ccccc2C3(c2ccccc2)c2ccccc2)c([2H])c1[2H]. The van der Waals surface area contributed by atoms with Crippen molar-refractivity contribution in [1.29, 1.82) is 0 Å². The molecule has 1 heteroatoms. The number of anilines is 3. The first-order valence-electron chi connectivity index (χ1n) is 21.9. The molecule has 0 aliphatic heterocycles. The van der Waals surface area contributed by atoms with Gasteiger partial charge in [-0.1, -0.05) is 200 Å². The quantitative estimate of drug-likeness (QED) is 0.158. The molecule has 0 aromatic heterocycles. The number of rotatable bonds is 7. The summed E-state index contributed by atoms with van der Waals surface area (Å²) in [5, 5.41) is 0. The second-order valence-electron chi connectivity index (χ2n) is 14.8. The van der Waals surface area contributed by atoms with E-state index in [9.17, 15) is 2.74 Å². The standard InChI is InChI=1S/C56H39N/c1-6-20-40(21-7-1)55(41-22-8-2-9-23-41)51-32-18-16-30-47(51)49-38-45(34-36-53(49)55)57(44-28-14-5-15-29-44)46-35-37-54-50(39-46)48-31-17-19-33-52(48)56(54,42-24-10-3-11-25-42)43-26-12-4-13-27-43/h1-39H/i5D,14D,15D,28D,29D. The van der Waals surface area contributed by atoms with E-state index in [0.29, 0.717) is 11.4 Å². The van der Waals surface area contributed by atoms with Crippen LogP contribution in [0.3, 0.4) is 0 Å². The summed E-state index contributed by atoms with van der Waals surface area (Å²) in [5.41, 5.74) is 13.5. The maximum absolute atomic E-state index is 9.37. The van der Waals surface area contributed by atoms with Crippen LogP contribution in [0, 0.1) is 0 Å². The van der Waals surface area contributed by atoms with Crippen molar-refractivity contribution in [2.45, 2.75) is 10.8 Å². The van der Waals surface area contributed by atoms with Crippen LogP contribution in [0.4, 0.5) is 17.1 Å². The fraction of sp³-hybridized carbons (Fsp3) is 0.0357. The Labute approximate surface area is 341 Å². The van der Waals surface area contributed by atoms with Gasteiger partial charge in [0, 0.05) is 17.1 Å². The number of fused-ring (bicyclic) bond motifs is 6. The van der Waals surface area contributed by atoms with Gasteiger partial charge >= 0.3 is 0 Å². The predicted octanol–water partition coefficient (Wildman–Crippen LogP) is 13.9. The molecule has 0 saturated heterocycles. The first-order valence-corrected chi connectivity index (χ1v) is 19.4. The molecule has 0 N–H and O–H groups in total. The van der Waals surface area contributed by atoms with E-state index >= 15 is 0 Å². The van der Waals surface area contributed by atoms with Gasteiger partial charge in [0.2, 0.25) is 0 Å². The lowest BCUT2D eigenvalue weighted by atomic mass is 9.67. The van der Waals surface area contributed by atoms with Crippen LogP contribution in [-0.2, 0) is 10.8 Å². The molecule has 9 aromatic carbocycles. The van der Waals surface area contributed by atoms with Gasteiger partial charge in [-0.15, -0.1) is 0 Å². The van der Waals surface area contributed by atoms with E-state index in [-0.39, 0.29) is 29.9 Å². The lowest BCUT2D eigenvalue weighted by molar-refractivity contribution is 0.768. The molecule has 0 bridgehead atoms. The van der Waals surface area contributed by atoms with Crippen molar-refractivity contribution < 1.29 is 6.85 Å². The second kappa shape index (κ2) is 13.2. The van der Waals surface area contributed by atoms with E-state index in [4.69, 9.17) is 4.11 Å². The zero-order valence-corrected chi connectivity index (χ0v) is 31.1. The van der Waals surface area contributed by atoms with Gasteiger partial charge in [-0.3, -0.25) is 0 Å². The molecule has 1 nitrogen and oxygen atoms in total. The van der Waals surface area contributed by atoms with Gasteiger partial charge in [0.15, 0.2) is 0 Å². The molecule has 0 fully saturated rings. The molecule has 2 aliphatic rings. The van der Waals surface area contributed by atoms with Gasteiger partial charge in [-0.25, -0.2) is 0 Å². The smallest absolute Gasteiger partial charge is 0.0713 e. The maximum atomic E-state index is 9.37. The van der Waals surface area contributed by atoms with Crippen molar-refractivity contribution in [2.75, 3.05) is 4.90 Å². The van der Waals surface area contributed by atoms with E-state index in [1.807, 2.05) is 41.3 Å². The van der Waals surface area contributed by atoms with E-state index in [1.54, 1.807) is 0 Å². The normalized spacial score (nSPS) is 15.1. The van der Waals surface area contributed by atoms with Crippen LogP contribution in [0.1, 0.15) is 51.4 Å². The molecule has 0 heterocycles. The van der Waals surface area contributed by atoms with Crippen molar-refractivity contribution in [3.63, 3.8) is 0 Å². The monoisotopic (exact) mass is 730 g/mol. The van der Waals surface area contributed by atoms with Gasteiger partial charge in [-0.2, -0.15) is 0 Å². The van der Waals surface area contributed by atoms with E-state index in [1.165, 1.54) is 0 Å². The van der Waals surface area contributed by atoms with Crippen molar-refractivity contribution in [1.82, 2.24) is 0 Å². The molecular weight excluding hydrogens is 687 g/mol. The van der Waals surface area contributed by atoms with Crippen LogP contribution in [0.2, 0.25) is 0 Å². The molecule has 0 radical (unpaired) electrons. The summed E-state index contributed by atoms with van der Waals surface area (Å²) in [4.78, 5) is 1.86. The lowest BCUT2D eigenvalue weighted by Crippen LogP contribution is -2.28. The van der Waals surface area contributed by atoms with E-state index in [0.717, 1.165) is 66.8 Å². The highest BCUT2D eigenvalue weighted by Crippen LogP contribution is 2.59. The van der Waals surface area contributed by atoms with E-state index < -0.39 is 16.9 Å². The molecule has 0 spiro atoms. The van der Waals surface area contributed by atoms with Crippen molar-refractivity contribution in [2.24, 2.45) is 0 Å². The molecule has 2 aliphatic carbocycles. The van der Waals surface area contributed by atoms with Gasteiger partial charge in [-0.05, 0) is 103 Å². The largest absolute Gasteiger partial charge is 0.310 e. The third-order valence-electron chi connectivity index (χ3n) is 12.1. The zero-order valence-electron chi connectivity index (χ0n) is 36.1. The van der Waals surface area contributed by atoms with Crippen LogP contribution < -0.4 is 4.90 Å². The van der Waals surface area contributed by atoms with Crippen LogP contribution >= 0.6 is 0 Å². The highest BCUT2D eigenvalue weighted by molar-refractivity contribution is 5.93. The Morgan fingerprint density at radius 2 is 0.632 bits per heavy atom. The Morgan fingerprint density at radius 1 is 0.298 bits per heavy atom. The molecular formula is C56H39N. The van der Waals surface area contributed by atoms with Gasteiger partial charge < -0.3 is 4.90 Å². The summed E-state index contributed by atoms with van der Waals surface area (Å²) in [7, 11) is 0. The number of hydrogen-bond donors (Lipinski definition) is 0. The Balaban J connectivity index is 1.20. The Morgan fingerprint density at radius 3 is 1.02 bits per heavy atom. The summed E-state index contributed by atoms with van der Waals surface area (Å²) in [5.74, 6) is 0. The fourth-order valence-corrected chi connectivity index (χ4v) is 9.91. The molecule has 0 unspecified atom stereocenters. The molecule has 0 saturated carbocycles. The highest BCUT2D eigenvalue weighted by Gasteiger charge is 2.47. The number of benzene rings is 9. The summed E-state index contributed by atoms with van der Waals surface area (Å²) in [6.07, 6.45) is 0. The van der Waals surface area contributed by atoms with Gasteiger partial charge in [0.1, 0.15) is 0 Å². The summed E-state index contributed by atoms with van der Waals surface area (Å²) in [6.45, 7) is 0. The fourth-order valence-electron chi connectivity index (χ4n) is 9.91. The average Bonchev–Trinajstić information content (AvgIpc) is 3.80. The summed E-state index contributed by atoms with van der Waals surface area (Å²) >= 11 is 0. The molecule has 11 rings (SSSR count). The average molecular weight is 731 g/mol. The minimum Gasteiger partial charge on any atom is -0.310 e. The Kier molecular flexibility index (Phi) is 6.55. The summed E-state index contributed by atoms with van der Waals surface area (Å²) in [6, 6.07) is 70.5. The molecule has 9 aromatic rings. The Hall–Kier alpha value is -7.22. The first-order chi connectivity index (χ1) is 30.4. The molecule has 57 heavy (non-hydrogen) atoms. The molecule has 0 atom stereocenters. The minimum atomic E-state index is -0.621. The van der Waals surface area contributed by atoms with E-state index in [2.05, 4.69) is 170 Å². The Bertz CT molecular complexity index is 2900. The topological polar surface area (TPSA) is 3.24 Å². The number of para-hydroxylation sites is 1. The minimum absolute atomic E-state index is 0.0863.